The predicted molar refractivity (Wildman–Crippen MR) is 85.4 cm³/mol. The van der Waals surface area contributed by atoms with Crippen LogP contribution >= 0.6 is 0 Å². The Hall–Kier alpha value is -1.62. The molecule has 1 fully saturated rings. The first-order valence-electron chi connectivity index (χ1n) is 8.06. The average Bonchev–Trinajstić information content (AvgIpc) is 2.54. The number of piperidine rings is 1. The zero-order valence-electron chi connectivity index (χ0n) is 13.4. The van der Waals surface area contributed by atoms with Crippen LogP contribution in [-0.2, 0) is 16.1 Å². The zero-order chi connectivity index (χ0) is 15.9. The Labute approximate surface area is 131 Å². The summed E-state index contributed by atoms with van der Waals surface area (Å²) in [5, 5.41) is 3.24. The third-order valence-electron chi connectivity index (χ3n) is 3.97. The molecule has 1 aliphatic rings. The molecule has 1 atom stereocenters. The minimum Gasteiger partial charge on any atom is -0.466 e. The van der Waals surface area contributed by atoms with Gasteiger partial charge in [-0.3, -0.25) is 4.79 Å². The summed E-state index contributed by atoms with van der Waals surface area (Å²) in [5.41, 5.74) is 1.64. The van der Waals surface area contributed by atoms with E-state index in [2.05, 4.69) is 5.32 Å². The Morgan fingerprint density at radius 1 is 1.45 bits per heavy atom. The maximum absolute atomic E-state index is 14.2. The Bertz CT molecular complexity index is 507. The first-order valence-corrected chi connectivity index (χ1v) is 8.06. The largest absolute Gasteiger partial charge is 0.466 e. The molecule has 1 aromatic carbocycles. The van der Waals surface area contributed by atoms with Crippen molar-refractivity contribution < 1.29 is 13.9 Å². The van der Waals surface area contributed by atoms with Crippen molar-refractivity contribution >= 4 is 11.7 Å². The van der Waals surface area contributed by atoms with Gasteiger partial charge in [-0.1, -0.05) is 13.0 Å². The second-order valence-corrected chi connectivity index (χ2v) is 5.60. The molecular formula is C17H25FN2O2. The monoisotopic (exact) mass is 308 g/mol. The van der Waals surface area contributed by atoms with Gasteiger partial charge in [0.15, 0.2) is 0 Å². The van der Waals surface area contributed by atoms with Crippen molar-refractivity contribution in [2.24, 2.45) is 5.92 Å². The van der Waals surface area contributed by atoms with Crippen molar-refractivity contribution in [3.05, 3.63) is 29.6 Å². The van der Waals surface area contributed by atoms with Crippen molar-refractivity contribution in [1.82, 2.24) is 5.32 Å². The van der Waals surface area contributed by atoms with Gasteiger partial charge in [-0.25, -0.2) is 4.39 Å². The number of halogens is 1. The molecular weight excluding hydrogens is 283 g/mol. The maximum Gasteiger partial charge on any atom is 0.310 e. The number of hydrogen-bond acceptors (Lipinski definition) is 4. The van der Waals surface area contributed by atoms with E-state index >= 15 is 0 Å². The van der Waals surface area contributed by atoms with Crippen LogP contribution in [0.2, 0.25) is 0 Å². The van der Waals surface area contributed by atoms with E-state index in [1.165, 1.54) is 6.07 Å². The first-order chi connectivity index (χ1) is 10.7. The fourth-order valence-electron chi connectivity index (χ4n) is 2.83. The fraction of sp³-hybridized carbons (Fsp3) is 0.588. The number of nitrogens with zero attached hydrogens (tertiary/aromatic N) is 1. The van der Waals surface area contributed by atoms with E-state index in [4.69, 9.17) is 4.74 Å². The highest BCUT2D eigenvalue weighted by Crippen LogP contribution is 2.27. The molecule has 4 nitrogen and oxygen atoms in total. The van der Waals surface area contributed by atoms with E-state index in [0.29, 0.717) is 18.8 Å². The molecule has 0 radical (unpaired) electrons. The van der Waals surface area contributed by atoms with Gasteiger partial charge < -0.3 is 15.0 Å². The number of esters is 1. The van der Waals surface area contributed by atoms with Crippen LogP contribution in [0.25, 0.3) is 0 Å². The summed E-state index contributed by atoms with van der Waals surface area (Å²) in [6.07, 6.45) is 1.69. The van der Waals surface area contributed by atoms with E-state index < -0.39 is 0 Å². The molecule has 1 aromatic rings. The van der Waals surface area contributed by atoms with Crippen molar-refractivity contribution in [2.75, 3.05) is 31.1 Å². The minimum absolute atomic E-state index is 0.162. The molecule has 1 heterocycles. The van der Waals surface area contributed by atoms with Gasteiger partial charge in [-0.2, -0.15) is 0 Å². The van der Waals surface area contributed by atoms with Crippen LogP contribution in [0.4, 0.5) is 10.1 Å². The Kier molecular flexibility index (Phi) is 6.19. The lowest BCUT2D eigenvalue weighted by molar-refractivity contribution is -0.148. The molecule has 1 unspecified atom stereocenters. The molecule has 0 bridgehead atoms. The van der Waals surface area contributed by atoms with Crippen molar-refractivity contribution in [1.29, 1.82) is 0 Å². The maximum atomic E-state index is 14.2. The van der Waals surface area contributed by atoms with Crippen molar-refractivity contribution in [3.8, 4) is 0 Å². The lowest BCUT2D eigenvalue weighted by Gasteiger charge is -2.33. The molecule has 1 aliphatic heterocycles. The summed E-state index contributed by atoms with van der Waals surface area (Å²) in [7, 11) is 0. The van der Waals surface area contributed by atoms with E-state index in [1.54, 1.807) is 6.07 Å². The number of nitrogens with one attached hydrogen (secondary N) is 1. The van der Waals surface area contributed by atoms with E-state index in [-0.39, 0.29) is 17.7 Å². The van der Waals surface area contributed by atoms with Crippen molar-refractivity contribution in [2.45, 2.75) is 33.2 Å². The smallest absolute Gasteiger partial charge is 0.310 e. The quantitative estimate of drug-likeness (QED) is 0.821. The van der Waals surface area contributed by atoms with Gasteiger partial charge in [0.25, 0.3) is 0 Å². The molecule has 5 heteroatoms. The molecule has 0 aliphatic carbocycles. The van der Waals surface area contributed by atoms with Crippen LogP contribution < -0.4 is 10.2 Å². The molecule has 2 rings (SSSR count). The summed E-state index contributed by atoms with van der Waals surface area (Å²) < 4.78 is 19.3. The third-order valence-corrected chi connectivity index (χ3v) is 3.97. The fourth-order valence-corrected chi connectivity index (χ4v) is 2.83. The van der Waals surface area contributed by atoms with Gasteiger partial charge in [-0.15, -0.1) is 0 Å². The summed E-state index contributed by atoms with van der Waals surface area (Å²) in [4.78, 5) is 13.9. The lowest BCUT2D eigenvalue weighted by atomic mass is 9.97. The van der Waals surface area contributed by atoms with Crippen LogP contribution in [0, 0.1) is 11.7 Å². The number of anilines is 1. The van der Waals surface area contributed by atoms with Crippen LogP contribution in [0.5, 0.6) is 0 Å². The molecule has 1 saturated heterocycles. The summed E-state index contributed by atoms with van der Waals surface area (Å²) in [5.74, 6) is -0.563. The third kappa shape index (κ3) is 4.19. The molecule has 1 N–H and O–H groups in total. The van der Waals surface area contributed by atoms with Gasteiger partial charge in [0.05, 0.1) is 18.2 Å². The topological polar surface area (TPSA) is 41.6 Å². The summed E-state index contributed by atoms with van der Waals surface area (Å²) in [6.45, 7) is 7.14. The van der Waals surface area contributed by atoms with Crippen LogP contribution in [0.15, 0.2) is 18.2 Å². The second kappa shape index (κ2) is 8.13. The highest BCUT2D eigenvalue weighted by Gasteiger charge is 2.28. The number of hydrogen-bond donors (Lipinski definition) is 1. The van der Waals surface area contributed by atoms with Crippen LogP contribution in [0.3, 0.4) is 0 Å². The highest BCUT2D eigenvalue weighted by molar-refractivity contribution is 5.73. The Morgan fingerprint density at radius 2 is 2.27 bits per heavy atom. The molecule has 0 amide bonds. The lowest BCUT2D eigenvalue weighted by Crippen LogP contribution is -2.40. The van der Waals surface area contributed by atoms with Gasteiger partial charge in [-0.05, 0) is 44.0 Å². The molecule has 0 spiro atoms. The molecule has 0 aromatic heterocycles. The Morgan fingerprint density at radius 3 is 3.00 bits per heavy atom. The van der Waals surface area contributed by atoms with Crippen LogP contribution in [-0.4, -0.2) is 32.2 Å². The van der Waals surface area contributed by atoms with Gasteiger partial charge in [0, 0.05) is 19.6 Å². The molecule has 22 heavy (non-hydrogen) atoms. The number of carbonyl (C=O) groups is 1. The number of benzene rings is 1. The van der Waals surface area contributed by atoms with Gasteiger partial charge >= 0.3 is 5.97 Å². The van der Waals surface area contributed by atoms with Gasteiger partial charge in [0.2, 0.25) is 0 Å². The highest BCUT2D eigenvalue weighted by atomic mass is 19.1. The second-order valence-electron chi connectivity index (χ2n) is 5.60. The van der Waals surface area contributed by atoms with Crippen LogP contribution in [0.1, 0.15) is 32.3 Å². The number of carbonyl (C=O) groups excluding carboxylic acids is 1. The van der Waals surface area contributed by atoms with E-state index in [0.717, 1.165) is 38.0 Å². The minimum atomic E-state index is -0.232. The first kappa shape index (κ1) is 16.7. The standard InChI is InChI=1S/C17H25FN2O2/c1-3-19-11-13-7-8-15(18)16(10-13)20-9-5-6-14(12-20)17(21)22-4-2/h7-8,10,14,19H,3-6,9,11-12H2,1-2H3. The molecule has 0 saturated carbocycles. The molecule has 122 valence electrons. The average molecular weight is 308 g/mol. The summed E-state index contributed by atoms with van der Waals surface area (Å²) >= 11 is 0. The predicted octanol–water partition coefficient (Wildman–Crippen LogP) is 2.71. The van der Waals surface area contributed by atoms with E-state index in [9.17, 15) is 9.18 Å². The SMILES string of the molecule is CCNCc1ccc(F)c(N2CCCC(C(=O)OCC)C2)c1. The van der Waals surface area contributed by atoms with Gasteiger partial charge in [0.1, 0.15) is 5.82 Å². The Balaban J connectivity index is 2.10. The normalized spacial score (nSPS) is 18.3. The zero-order valence-corrected chi connectivity index (χ0v) is 13.4. The number of rotatable bonds is 6. The number of ether oxygens (including phenoxy) is 1. The summed E-state index contributed by atoms with van der Waals surface area (Å²) in [6, 6.07) is 5.19. The van der Waals surface area contributed by atoms with Crippen molar-refractivity contribution in [3.63, 3.8) is 0 Å². The van der Waals surface area contributed by atoms with E-state index in [1.807, 2.05) is 24.8 Å².